The predicted molar refractivity (Wildman–Crippen MR) is 83.3 cm³/mol. The summed E-state index contributed by atoms with van der Waals surface area (Å²) in [7, 11) is 0. The molecule has 6 heteroatoms. The number of halogens is 2. The third kappa shape index (κ3) is 4.77. The fraction of sp³-hybridized carbons (Fsp3) is 0.267. The van der Waals surface area contributed by atoms with Crippen molar-refractivity contribution in [2.75, 3.05) is 0 Å². The second kappa shape index (κ2) is 7.50. The first-order valence-electron chi connectivity index (χ1n) is 6.53. The summed E-state index contributed by atoms with van der Waals surface area (Å²) in [5, 5.41) is 6.95. The van der Waals surface area contributed by atoms with Crippen LogP contribution in [0.1, 0.15) is 18.2 Å². The number of nitrogens with one attached hydrogen (secondary N) is 2. The molecule has 4 nitrogen and oxygen atoms in total. The standard InChI is InChI=1S/C15H16Cl2N2O2/c1-10(15(20)19-9-12-3-2-6-21-12)18-8-11-4-5-13(16)14(17)7-11/h2-7,10,18H,8-9H2,1H3,(H,19,20). The van der Waals surface area contributed by atoms with Gasteiger partial charge in [0.05, 0.1) is 28.9 Å². The maximum Gasteiger partial charge on any atom is 0.237 e. The minimum absolute atomic E-state index is 0.0912. The van der Waals surface area contributed by atoms with Gasteiger partial charge in [-0.3, -0.25) is 4.79 Å². The molecular weight excluding hydrogens is 311 g/mol. The van der Waals surface area contributed by atoms with Crippen LogP contribution in [-0.2, 0) is 17.9 Å². The van der Waals surface area contributed by atoms with Crippen LogP contribution in [0.2, 0.25) is 10.0 Å². The molecule has 2 rings (SSSR count). The summed E-state index contributed by atoms with van der Waals surface area (Å²) >= 11 is 11.8. The van der Waals surface area contributed by atoms with Gasteiger partial charge in [0.2, 0.25) is 5.91 Å². The summed E-state index contributed by atoms with van der Waals surface area (Å²) in [6, 6.07) is 8.66. The Balaban J connectivity index is 1.79. The van der Waals surface area contributed by atoms with Crippen molar-refractivity contribution in [1.29, 1.82) is 0 Å². The Morgan fingerprint density at radius 3 is 2.71 bits per heavy atom. The quantitative estimate of drug-likeness (QED) is 0.855. The largest absolute Gasteiger partial charge is 0.467 e. The molecular formula is C15H16Cl2N2O2. The van der Waals surface area contributed by atoms with E-state index in [2.05, 4.69) is 10.6 Å². The van der Waals surface area contributed by atoms with Crippen LogP contribution in [0.5, 0.6) is 0 Å². The highest BCUT2D eigenvalue weighted by atomic mass is 35.5. The molecule has 1 heterocycles. The fourth-order valence-corrected chi connectivity index (χ4v) is 2.07. The highest BCUT2D eigenvalue weighted by Crippen LogP contribution is 2.22. The van der Waals surface area contributed by atoms with Crippen LogP contribution < -0.4 is 10.6 Å². The molecule has 0 saturated heterocycles. The molecule has 1 aromatic carbocycles. The van der Waals surface area contributed by atoms with Gasteiger partial charge in [-0.1, -0.05) is 29.3 Å². The van der Waals surface area contributed by atoms with Gasteiger partial charge in [0, 0.05) is 6.54 Å². The van der Waals surface area contributed by atoms with Crippen molar-refractivity contribution in [3.63, 3.8) is 0 Å². The zero-order chi connectivity index (χ0) is 15.2. The number of amides is 1. The van der Waals surface area contributed by atoms with Gasteiger partial charge < -0.3 is 15.1 Å². The molecule has 0 spiro atoms. The van der Waals surface area contributed by atoms with E-state index in [1.54, 1.807) is 31.4 Å². The highest BCUT2D eigenvalue weighted by Gasteiger charge is 2.12. The van der Waals surface area contributed by atoms with Crippen molar-refractivity contribution in [3.8, 4) is 0 Å². The van der Waals surface area contributed by atoms with E-state index in [1.807, 2.05) is 12.1 Å². The summed E-state index contributed by atoms with van der Waals surface area (Å²) in [5.74, 6) is 0.631. The van der Waals surface area contributed by atoms with E-state index in [0.717, 1.165) is 11.3 Å². The number of benzene rings is 1. The van der Waals surface area contributed by atoms with Crippen LogP contribution in [0.15, 0.2) is 41.0 Å². The molecule has 2 aromatic rings. The van der Waals surface area contributed by atoms with Crippen molar-refractivity contribution in [3.05, 3.63) is 58.0 Å². The van der Waals surface area contributed by atoms with E-state index < -0.39 is 0 Å². The van der Waals surface area contributed by atoms with Gasteiger partial charge in [-0.25, -0.2) is 0 Å². The average Bonchev–Trinajstić information content (AvgIpc) is 2.99. The van der Waals surface area contributed by atoms with Gasteiger partial charge in [-0.05, 0) is 36.8 Å². The first kappa shape index (κ1) is 15.9. The monoisotopic (exact) mass is 326 g/mol. The highest BCUT2D eigenvalue weighted by molar-refractivity contribution is 6.42. The maximum absolute atomic E-state index is 11.9. The molecule has 0 aliphatic heterocycles. The van der Waals surface area contributed by atoms with Crippen molar-refractivity contribution in [2.45, 2.75) is 26.1 Å². The van der Waals surface area contributed by atoms with Gasteiger partial charge >= 0.3 is 0 Å². The summed E-state index contributed by atoms with van der Waals surface area (Å²) in [6.45, 7) is 2.71. The SMILES string of the molecule is CC(NCc1ccc(Cl)c(Cl)c1)C(=O)NCc1ccco1. The van der Waals surface area contributed by atoms with Gasteiger partial charge in [-0.15, -0.1) is 0 Å². The molecule has 0 saturated carbocycles. The molecule has 1 unspecified atom stereocenters. The number of carbonyl (C=O) groups is 1. The van der Waals surface area contributed by atoms with Crippen molar-refractivity contribution < 1.29 is 9.21 Å². The average molecular weight is 327 g/mol. The Kier molecular flexibility index (Phi) is 5.67. The van der Waals surface area contributed by atoms with E-state index in [0.29, 0.717) is 23.1 Å². The number of hydrogen-bond acceptors (Lipinski definition) is 3. The zero-order valence-corrected chi connectivity index (χ0v) is 13.0. The van der Waals surface area contributed by atoms with Gasteiger partial charge in [0.1, 0.15) is 5.76 Å². The van der Waals surface area contributed by atoms with E-state index in [1.165, 1.54) is 0 Å². The Bertz CT molecular complexity index is 600. The second-order valence-corrected chi connectivity index (χ2v) is 5.46. The normalized spacial score (nSPS) is 12.1. The Morgan fingerprint density at radius 1 is 1.24 bits per heavy atom. The third-order valence-electron chi connectivity index (χ3n) is 3.01. The van der Waals surface area contributed by atoms with Crippen molar-refractivity contribution in [1.82, 2.24) is 10.6 Å². The first-order chi connectivity index (χ1) is 10.1. The maximum atomic E-state index is 11.9. The lowest BCUT2D eigenvalue weighted by Gasteiger charge is -2.14. The number of carbonyl (C=O) groups excluding carboxylic acids is 1. The van der Waals surface area contributed by atoms with Gasteiger partial charge in [0.25, 0.3) is 0 Å². The number of rotatable bonds is 6. The van der Waals surface area contributed by atoms with E-state index in [-0.39, 0.29) is 11.9 Å². The molecule has 1 amide bonds. The van der Waals surface area contributed by atoms with E-state index in [9.17, 15) is 4.79 Å². The van der Waals surface area contributed by atoms with Crippen LogP contribution in [0.4, 0.5) is 0 Å². The molecule has 21 heavy (non-hydrogen) atoms. The predicted octanol–water partition coefficient (Wildman–Crippen LogP) is 3.38. The minimum atomic E-state index is -0.325. The van der Waals surface area contributed by atoms with Crippen LogP contribution in [-0.4, -0.2) is 11.9 Å². The lowest BCUT2D eigenvalue weighted by molar-refractivity contribution is -0.123. The summed E-state index contributed by atoms with van der Waals surface area (Å²) in [5.41, 5.74) is 0.968. The lowest BCUT2D eigenvalue weighted by Crippen LogP contribution is -2.41. The molecule has 0 radical (unpaired) electrons. The Hall–Kier alpha value is -1.49. The Labute approximate surface area is 133 Å². The van der Waals surface area contributed by atoms with Gasteiger partial charge in [-0.2, -0.15) is 0 Å². The summed E-state index contributed by atoms with van der Waals surface area (Å²) in [4.78, 5) is 11.9. The van der Waals surface area contributed by atoms with Crippen molar-refractivity contribution >= 4 is 29.1 Å². The lowest BCUT2D eigenvalue weighted by atomic mass is 10.2. The zero-order valence-electron chi connectivity index (χ0n) is 11.5. The minimum Gasteiger partial charge on any atom is -0.467 e. The summed E-state index contributed by atoms with van der Waals surface area (Å²) < 4.78 is 5.16. The van der Waals surface area contributed by atoms with E-state index >= 15 is 0 Å². The van der Waals surface area contributed by atoms with Crippen LogP contribution in [0.3, 0.4) is 0 Å². The van der Waals surface area contributed by atoms with Crippen LogP contribution in [0, 0.1) is 0 Å². The third-order valence-corrected chi connectivity index (χ3v) is 3.75. The van der Waals surface area contributed by atoms with E-state index in [4.69, 9.17) is 27.6 Å². The van der Waals surface area contributed by atoms with Gasteiger partial charge in [0.15, 0.2) is 0 Å². The number of hydrogen-bond donors (Lipinski definition) is 2. The topological polar surface area (TPSA) is 54.3 Å². The Morgan fingerprint density at radius 2 is 2.05 bits per heavy atom. The molecule has 2 N–H and O–H groups in total. The fourth-order valence-electron chi connectivity index (χ4n) is 1.75. The molecule has 1 aromatic heterocycles. The first-order valence-corrected chi connectivity index (χ1v) is 7.29. The molecule has 1 atom stereocenters. The van der Waals surface area contributed by atoms with Crippen LogP contribution >= 0.6 is 23.2 Å². The summed E-state index contributed by atoms with van der Waals surface area (Å²) in [6.07, 6.45) is 1.58. The molecule has 0 bridgehead atoms. The van der Waals surface area contributed by atoms with Crippen LogP contribution in [0.25, 0.3) is 0 Å². The number of furan rings is 1. The molecule has 0 aliphatic carbocycles. The molecule has 112 valence electrons. The molecule has 0 aliphatic rings. The molecule has 0 fully saturated rings. The smallest absolute Gasteiger partial charge is 0.237 e. The van der Waals surface area contributed by atoms with Crippen molar-refractivity contribution in [2.24, 2.45) is 0 Å². The second-order valence-electron chi connectivity index (χ2n) is 4.65.